The summed E-state index contributed by atoms with van der Waals surface area (Å²) in [5.41, 5.74) is 1.55. The van der Waals surface area contributed by atoms with Crippen molar-refractivity contribution in [2.45, 2.75) is 58.7 Å². The molecule has 0 bridgehead atoms. The van der Waals surface area contributed by atoms with E-state index in [-0.39, 0.29) is 18.0 Å². The van der Waals surface area contributed by atoms with Crippen molar-refractivity contribution in [3.63, 3.8) is 0 Å². The van der Waals surface area contributed by atoms with Gasteiger partial charge >= 0.3 is 6.09 Å². The molecule has 0 aliphatic carbocycles. The number of aromatic nitrogens is 3. The van der Waals surface area contributed by atoms with Crippen molar-refractivity contribution in [1.29, 1.82) is 0 Å². The van der Waals surface area contributed by atoms with E-state index in [0.29, 0.717) is 43.7 Å². The van der Waals surface area contributed by atoms with Crippen molar-refractivity contribution < 1.29 is 14.3 Å². The summed E-state index contributed by atoms with van der Waals surface area (Å²) in [5, 5.41) is 10.4. The molecular weight excluding hydrogens is 426 g/mol. The van der Waals surface area contributed by atoms with Crippen molar-refractivity contribution in [2.75, 3.05) is 13.1 Å². The maximum atomic E-state index is 13.1. The van der Waals surface area contributed by atoms with Crippen LogP contribution in [-0.4, -0.2) is 56.4 Å². The van der Waals surface area contributed by atoms with Crippen molar-refractivity contribution in [3.8, 4) is 0 Å². The van der Waals surface area contributed by atoms with Crippen molar-refractivity contribution in [3.05, 3.63) is 45.9 Å². The lowest BCUT2D eigenvalue weighted by molar-refractivity contribution is 0.0199. The summed E-state index contributed by atoms with van der Waals surface area (Å²) in [7, 11) is 0. The summed E-state index contributed by atoms with van der Waals surface area (Å²) >= 11 is 1.67. The summed E-state index contributed by atoms with van der Waals surface area (Å²) < 4.78 is 7.29. The number of nitrogens with zero attached hydrogens (tertiary/aromatic N) is 4. The molecule has 1 saturated heterocycles. The number of pyridine rings is 1. The number of amides is 2. The third-order valence-corrected chi connectivity index (χ3v) is 6.21. The van der Waals surface area contributed by atoms with Gasteiger partial charge in [0, 0.05) is 29.7 Å². The number of rotatable bonds is 4. The number of nitrogens with one attached hydrogen (secondary N) is 1. The molecular formula is C23H29N5O3S. The van der Waals surface area contributed by atoms with E-state index in [0.717, 1.165) is 11.1 Å². The number of thiophene rings is 1. The fourth-order valence-electron chi connectivity index (χ4n) is 3.82. The van der Waals surface area contributed by atoms with E-state index in [1.807, 2.05) is 49.9 Å². The molecule has 3 aromatic heterocycles. The molecule has 170 valence electrons. The molecule has 0 saturated carbocycles. The number of carbonyl (C=O) groups is 2. The number of carbonyl (C=O) groups excluding carboxylic acids is 2. The van der Waals surface area contributed by atoms with Gasteiger partial charge in [0.15, 0.2) is 5.65 Å². The molecule has 0 unspecified atom stereocenters. The van der Waals surface area contributed by atoms with Gasteiger partial charge in [-0.3, -0.25) is 4.79 Å². The Kier molecular flexibility index (Phi) is 6.19. The fourth-order valence-corrected chi connectivity index (χ4v) is 4.51. The van der Waals surface area contributed by atoms with Gasteiger partial charge in [-0.25, -0.2) is 14.5 Å². The quantitative estimate of drug-likeness (QED) is 0.643. The second-order valence-corrected chi connectivity index (χ2v) is 10.2. The van der Waals surface area contributed by atoms with Crippen LogP contribution in [0.25, 0.3) is 11.0 Å². The lowest BCUT2D eigenvalue weighted by atomic mass is 10.0. The molecule has 4 heterocycles. The second-order valence-electron chi connectivity index (χ2n) is 9.15. The molecule has 8 nitrogen and oxygen atoms in total. The van der Waals surface area contributed by atoms with E-state index in [1.165, 1.54) is 4.88 Å². The Labute approximate surface area is 191 Å². The van der Waals surface area contributed by atoms with Crippen LogP contribution in [-0.2, 0) is 11.3 Å². The van der Waals surface area contributed by atoms with Crippen molar-refractivity contribution >= 4 is 34.4 Å². The first-order chi connectivity index (χ1) is 15.2. The largest absolute Gasteiger partial charge is 0.444 e. The smallest absolute Gasteiger partial charge is 0.410 e. The minimum Gasteiger partial charge on any atom is -0.444 e. The van der Waals surface area contributed by atoms with Crippen LogP contribution in [0.5, 0.6) is 0 Å². The zero-order valence-electron chi connectivity index (χ0n) is 18.9. The van der Waals surface area contributed by atoms with Crippen LogP contribution in [0.3, 0.4) is 0 Å². The first kappa shape index (κ1) is 22.3. The SMILES string of the molecule is Cc1cc(C(=O)NC2CCN(C(=O)OC(C)(C)C)CC2)c2cnn(Cc3cccs3)c2n1. The number of hydrogen-bond acceptors (Lipinski definition) is 6. The van der Waals surface area contributed by atoms with Gasteiger partial charge in [-0.15, -0.1) is 11.3 Å². The van der Waals surface area contributed by atoms with Gasteiger partial charge in [-0.1, -0.05) is 6.07 Å². The van der Waals surface area contributed by atoms with Gasteiger partial charge in [-0.05, 0) is 58.0 Å². The average Bonchev–Trinajstić information content (AvgIpc) is 3.37. The molecule has 32 heavy (non-hydrogen) atoms. The van der Waals surface area contributed by atoms with Crippen LogP contribution < -0.4 is 5.32 Å². The molecule has 1 fully saturated rings. The molecule has 1 aliphatic heterocycles. The summed E-state index contributed by atoms with van der Waals surface area (Å²) in [4.78, 5) is 32.9. The van der Waals surface area contributed by atoms with Gasteiger partial charge in [0.1, 0.15) is 5.60 Å². The molecule has 0 aromatic carbocycles. The molecule has 0 radical (unpaired) electrons. The minimum absolute atomic E-state index is 0.00544. The van der Waals surface area contributed by atoms with Crippen LogP contribution in [0, 0.1) is 6.92 Å². The standard InChI is InChI=1S/C23H29N5O3S/c1-15-12-18(19-13-24-28(20(19)25-15)14-17-6-5-11-32-17)21(29)26-16-7-9-27(10-8-16)22(30)31-23(2,3)4/h5-6,11-13,16H,7-10,14H2,1-4H3,(H,26,29). The molecule has 2 amide bonds. The number of aryl methyl sites for hydroxylation is 1. The number of piperidine rings is 1. The van der Waals surface area contributed by atoms with E-state index in [4.69, 9.17) is 4.74 Å². The molecule has 9 heteroatoms. The minimum atomic E-state index is -0.513. The maximum Gasteiger partial charge on any atom is 0.410 e. The average molecular weight is 456 g/mol. The van der Waals surface area contributed by atoms with E-state index >= 15 is 0 Å². The van der Waals surface area contributed by atoms with E-state index in [2.05, 4.69) is 21.5 Å². The normalized spacial score (nSPS) is 15.2. The molecule has 1 N–H and O–H groups in total. The van der Waals surface area contributed by atoms with E-state index in [1.54, 1.807) is 22.4 Å². The Hall–Kier alpha value is -2.94. The fraction of sp³-hybridized carbons (Fsp3) is 0.478. The molecule has 0 spiro atoms. The molecule has 1 aliphatic rings. The van der Waals surface area contributed by atoms with Crippen LogP contribution in [0.2, 0.25) is 0 Å². The highest BCUT2D eigenvalue weighted by Crippen LogP contribution is 2.22. The van der Waals surface area contributed by atoms with Crippen LogP contribution in [0.1, 0.15) is 54.5 Å². The lowest BCUT2D eigenvalue weighted by Gasteiger charge is -2.33. The summed E-state index contributed by atoms with van der Waals surface area (Å²) in [6, 6.07) is 5.89. The Morgan fingerprint density at radius 3 is 2.69 bits per heavy atom. The first-order valence-corrected chi connectivity index (χ1v) is 11.7. The zero-order valence-corrected chi connectivity index (χ0v) is 19.7. The highest BCUT2D eigenvalue weighted by Gasteiger charge is 2.28. The van der Waals surface area contributed by atoms with E-state index in [9.17, 15) is 9.59 Å². The topological polar surface area (TPSA) is 89.4 Å². The lowest BCUT2D eigenvalue weighted by Crippen LogP contribution is -2.47. The van der Waals surface area contributed by atoms with Gasteiger partial charge in [0.2, 0.25) is 0 Å². The van der Waals surface area contributed by atoms with Crippen LogP contribution in [0.4, 0.5) is 4.79 Å². The monoisotopic (exact) mass is 455 g/mol. The van der Waals surface area contributed by atoms with Crippen LogP contribution in [0.15, 0.2) is 29.8 Å². The first-order valence-electron chi connectivity index (χ1n) is 10.8. The van der Waals surface area contributed by atoms with Gasteiger partial charge in [-0.2, -0.15) is 5.10 Å². The maximum absolute atomic E-state index is 13.1. The highest BCUT2D eigenvalue weighted by atomic mass is 32.1. The van der Waals surface area contributed by atoms with Crippen LogP contribution >= 0.6 is 11.3 Å². The molecule has 4 rings (SSSR count). The summed E-state index contributed by atoms with van der Waals surface area (Å²) in [6.07, 6.45) is 2.80. The number of hydrogen-bond donors (Lipinski definition) is 1. The Balaban J connectivity index is 1.43. The third-order valence-electron chi connectivity index (χ3n) is 5.35. The van der Waals surface area contributed by atoms with Gasteiger partial charge in [0.05, 0.1) is 23.7 Å². The van der Waals surface area contributed by atoms with Crippen molar-refractivity contribution in [1.82, 2.24) is 25.0 Å². The predicted octanol–water partition coefficient (Wildman–Crippen LogP) is 3.98. The summed E-state index contributed by atoms with van der Waals surface area (Å²) in [6.45, 7) is 9.21. The number of fused-ring (bicyclic) bond motifs is 1. The van der Waals surface area contributed by atoms with Gasteiger partial charge in [0.25, 0.3) is 5.91 Å². The predicted molar refractivity (Wildman–Crippen MR) is 124 cm³/mol. The Morgan fingerprint density at radius 2 is 2.03 bits per heavy atom. The Morgan fingerprint density at radius 1 is 1.28 bits per heavy atom. The number of ether oxygens (including phenoxy) is 1. The van der Waals surface area contributed by atoms with Crippen molar-refractivity contribution in [2.24, 2.45) is 0 Å². The Bertz CT molecular complexity index is 1110. The second kappa shape index (κ2) is 8.90. The van der Waals surface area contributed by atoms with E-state index < -0.39 is 5.60 Å². The number of likely N-dealkylation sites (tertiary alicyclic amines) is 1. The molecule has 0 atom stereocenters. The summed E-state index contributed by atoms with van der Waals surface area (Å²) in [5.74, 6) is -0.133. The highest BCUT2D eigenvalue weighted by molar-refractivity contribution is 7.09. The van der Waals surface area contributed by atoms with Gasteiger partial charge < -0.3 is 15.0 Å². The third kappa shape index (κ3) is 5.09. The zero-order chi connectivity index (χ0) is 22.9. The molecule has 3 aromatic rings.